The van der Waals surface area contributed by atoms with Crippen LogP contribution in [0.5, 0.6) is 0 Å². The molecular formula is C13H23BrN4O. The van der Waals surface area contributed by atoms with Gasteiger partial charge < -0.3 is 10.6 Å². The predicted octanol–water partition coefficient (Wildman–Crippen LogP) is 2.07. The van der Waals surface area contributed by atoms with Crippen molar-refractivity contribution >= 4 is 21.6 Å². The molecule has 1 rings (SSSR count). The zero-order valence-electron chi connectivity index (χ0n) is 12.0. The maximum atomic E-state index is 12.1. The van der Waals surface area contributed by atoms with Gasteiger partial charge in [-0.05, 0) is 21.8 Å². The molecule has 1 aromatic rings. The second-order valence-electron chi connectivity index (χ2n) is 5.29. The second-order valence-corrected chi connectivity index (χ2v) is 6.08. The molecule has 0 aromatic carbocycles. The Bertz CT molecular complexity index is 456. The molecule has 0 radical (unpaired) electrons. The van der Waals surface area contributed by atoms with Crippen LogP contribution in [-0.2, 0) is 6.54 Å². The fraction of sp³-hybridized carbons (Fsp3) is 0.692. The van der Waals surface area contributed by atoms with Crippen LogP contribution in [0.2, 0.25) is 0 Å². The largest absolute Gasteiger partial charge is 0.381 e. The van der Waals surface area contributed by atoms with Crippen LogP contribution in [0.4, 0.5) is 5.69 Å². The van der Waals surface area contributed by atoms with Gasteiger partial charge in [0, 0.05) is 25.7 Å². The monoisotopic (exact) mass is 330 g/mol. The maximum absolute atomic E-state index is 12.1. The van der Waals surface area contributed by atoms with Crippen LogP contribution < -0.4 is 16.2 Å². The lowest BCUT2D eigenvalue weighted by Crippen LogP contribution is -2.30. The SMILES string of the molecule is CC(C)Cn1ncc(NCCNC(C)C)c(Br)c1=O. The molecule has 2 N–H and O–H groups in total. The van der Waals surface area contributed by atoms with E-state index in [-0.39, 0.29) is 5.56 Å². The minimum atomic E-state index is -0.0875. The Kier molecular flexibility index (Phi) is 6.51. The van der Waals surface area contributed by atoms with Crippen LogP contribution in [-0.4, -0.2) is 28.9 Å². The number of hydrogen-bond donors (Lipinski definition) is 2. The van der Waals surface area contributed by atoms with E-state index in [0.717, 1.165) is 18.8 Å². The number of nitrogens with zero attached hydrogens (tertiary/aromatic N) is 2. The molecule has 0 spiro atoms. The summed E-state index contributed by atoms with van der Waals surface area (Å²) >= 11 is 3.35. The molecule has 5 nitrogen and oxygen atoms in total. The van der Waals surface area contributed by atoms with E-state index in [2.05, 4.69) is 59.4 Å². The van der Waals surface area contributed by atoms with Gasteiger partial charge in [0.05, 0.1) is 11.9 Å². The molecule has 0 aliphatic rings. The van der Waals surface area contributed by atoms with Crippen molar-refractivity contribution in [1.29, 1.82) is 0 Å². The van der Waals surface area contributed by atoms with Crippen molar-refractivity contribution in [2.75, 3.05) is 18.4 Å². The molecule has 0 unspecified atom stereocenters. The van der Waals surface area contributed by atoms with E-state index in [1.807, 2.05) is 0 Å². The summed E-state index contributed by atoms with van der Waals surface area (Å²) in [6.45, 7) is 10.6. The van der Waals surface area contributed by atoms with E-state index >= 15 is 0 Å². The Morgan fingerprint density at radius 3 is 2.58 bits per heavy atom. The Labute approximate surface area is 122 Å². The first kappa shape index (κ1) is 16.2. The highest BCUT2D eigenvalue weighted by Crippen LogP contribution is 2.15. The van der Waals surface area contributed by atoms with Gasteiger partial charge >= 0.3 is 0 Å². The van der Waals surface area contributed by atoms with Crippen molar-refractivity contribution in [3.05, 3.63) is 21.0 Å². The van der Waals surface area contributed by atoms with E-state index < -0.39 is 0 Å². The van der Waals surface area contributed by atoms with Crippen LogP contribution in [0.25, 0.3) is 0 Å². The molecule has 1 aromatic heterocycles. The van der Waals surface area contributed by atoms with E-state index in [1.54, 1.807) is 6.20 Å². The average Bonchev–Trinajstić information content (AvgIpc) is 2.32. The molecule has 19 heavy (non-hydrogen) atoms. The lowest BCUT2D eigenvalue weighted by atomic mass is 10.2. The molecule has 1 heterocycles. The van der Waals surface area contributed by atoms with Crippen molar-refractivity contribution in [1.82, 2.24) is 15.1 Å². The summed E-state index contributed by atoms with van der Waals surface area (Å²) in [6.07, 6.45) is 1.70. The minimum Gasteiger partial charge on any atom is -0.381 e. The van der Waals surface area contributed by atoms with Gasteiger partial charge in [-0.1, -0.05) is 27.7 Å². The molecule has 0 saturated carbocycles. The van der Waals surface area contributed by atoms with Crippen molar-refractivity contribution in [2.45, 2.75) is 40.3 Å². The molecule has 0 aliphatic heterocycles. The second kappa shape index (κ2) is 7.65. The van der Waals surface area contributed by atoms with Crippen LogP contribution in [0, 0.1) is 5.92 Å². The molecule has 0 fully saturated rings. The number of rotatable bonds is 7. The topological polar surface area (TPSA) is 59.0 Å². The van der Waals surface area contributed by atoms with Crippen molar-refractivity contribution in [2.24, 2.45) is 5.92 Å². The highest BCUT2D eigenvalue weighted by Gasteiger charge is 2.09. The average molecular weight is 331 g/mol. The van der Waals surface area contributed by atoms with Gasteiger partial charge in [0.15, 0.2) is 0 Å². The van der Waals surface area contributed by atoms with E-state index in [0.29, 0.717) is 23.0 Å². The molecule has 0 saturated heterocycles. The summed E-state index contributed by atoms with van der Waals surface area (Å²) in [5.41, 5.74) is 0.658. The summed E-state index contributed by atoms with van der Waals surface area (Å²) in [5.74, 6) is 0.395. The van der Waals surface area contributed by atoms with Crippen LogP contribution >= 0.6 is 15.9 Å². The molecular weight excluding hydrogens is 308 g/mol. The minimum absolute atomic E-state index is 0.0875. The Morgan fingerprint density at radius 2 is 2.00 bits per heavy atom. The lowest BCUT2D eigenvalue weighted by Gasteiger charge is -2.13. The number of anilines is 1. The summed E-state index contributed by atoms with van der Waals surface area (Å²) in [5, 5.41) is 10.7. The first-order valence-corrected chi connectivity index (χ1v) is 7.44. The third-order valence-corrected chi connectivity index (χ3v) is 3.28. The molecule has 0 aliphatic carbocycles. The number of hydrogen-bond acceptors (Lipinski definition) is 4. The number of halogens is 1. The van der Waals surface area contributed by atoms with Crippen molar-refractivity contribution in [3.63, 3.8) is 0 Å². The quantitative estimate of drug-likeness (QED) is 0.751. The molecule has 0 amide bonds. The standard InChI is InChI=1S/C13H23BrN4O/c1-9(2)8-18-13(19)12(14)11(7-17-18)16-6-5-15-10(3)4/h7,9-10,15-16H,5-6,8H2,1-4H3. The summed E-state index contributed by atoms with van der Waals surface area (Å²) in [7, 11) is 0. The van der Waals surface area contributed by atoms with E-state index in [1.165, 1.54) is 4.68 Å². The summed E-state index contributed by atoms with van der Waals surface area (Å²) in [4.78, 5) is 12.1. The van der Waals surface area contributed by atoms with Gasteiger partial charge in [-0.15, -0.1) is 0 Å². The van der Waals surface area contributed by atoms with E-state index in [4.69, 9.17) is 0 Å². The lowest BCUT2D eigenvalue weighted by molar-refractivity contribution is 0.462. The Balaban J connectivity index is 2.66. The molecule has 6 heteroatoms. The van der Waals surface area contributed by atoms with E-state index in [9.17, 15) is 4.79 Å². The third-order valence-electron chi connectivity index (χ3n) is 2.52. The van der Waals surface area contributed by atoms with Crippen LogP contribution in [0.1, 0.15) is 27.7 Å². The summed E-state index contributed by atoms with van der Waals surface area (Å²) < 4.78 is 2.04. The smallest absolute Gasteiger partial charge is 0.283 e. The fourth-order valence-corrected chi connectivity index (χ4v) is 2.07. The zero-order valence-corrected chi connectivity index (χ0v) is 13.6. The molecule has 108 valence electrons. The van der Waals surface area contributed by atoms with Crippen molar-refractivity contribution in [3.8, 4) is 0 Å². The van der Waals surface area contributed by atoms with Gasteiger partial charge in [-0.25, -0.2) is 4.68 Å². The zero-order chi connectivity index (χ0) is 14.4. The number of nitrogens with one attached hydrogen (secondary N) is 2. The van der Waals surface area contributed by atoms with Crippen molar-refractivity contribution < 1.29 is 0 Å². The number of aromatic nitrogens is 2. The maximum Gasteiger partial charge on any atom is 0.283 e. The van der Waals surface area contributed by atoms with Gasteiger partial charge in [-0.3, -0.25) is 4.79 Å². The molecule has 0 bridgehead atoms. The first-order chi connectivity index (χ1) is 8.91. The normalized spacial score (nSPS) is 11.3. The Morgan fingerprint density at radius 1 is 1.32 bits per heavy atom. The van der Waals surface area contributed by atoms with Crippen LogP contribution in [0.15, 0.2) is 15.5 Å². The Hall–Kier alpha value is -0.880. The highest BCUT2D eigenvalue weighted by molar-refractivity contribution is 9.10. The fourth-order valence-electron chi connectivity index (χ4n) is 1.62. The van der Waals surface area contributed by atoms with Gasteiger partial charge in [0.2, 0.25) is 0 Å². The predicted molar refractivity (Wildman–Crippen MR) is 82.7 cm³/mol. The summed E-state index contributed by atoms with van der Waals surface area (Å²) in [6, 6.07) is 0.461. The first-order valence-electron chi connectivity index (χ1n) is 6.64. The van der Waals surface area contributed by atoms with Gasteiger partial charge in [0.1, 0.15) is 4.47 Å². The third kappa shape index (κ3) is 5.32. The van der Waals surface area contributed by atoms with Crippen LogP contribution in [0.3, 0.4) is 0 Å². The van der Waals surface area contributed by atoms with Gasteiger partial charge in [0.25, 0.3) is 5.56 Å². The molecule has 0 atom stereocenters. The highest BCUT2D eigenvalue weighted by atomic mass is 79.9. The van der Waals surface area contributed by atoms with Gasteiger partial charge in [-0.2, -0.15) is 5.10 Å².